The lowest BCUT2D eigenvalue weighted by Crippen LogP contribution is -2.19. The van der Waals surface area contributed by atoms with Gasteiger partial charge in [0.2, 0.25) is 21.4 Å². The molecule has 0 saturated carbocycles. The second kappa shape index (κ2) is 10.2. The zero-order valence-electron chi connectivity index (χ0n) is 17.6. The van der Waals surface area contributed by atoms with Gasteiger partial charge < -0.3 is 19.7 Å². The summed E-state index contributed by atoms with van der Waals surface area (Å²) in [5.41, 5.74) is 1.71. The van der Waals surface area contributed by atoms with Crippen molar-refractivity contribution in [2.24, 2.45) is 0 Å². The highest BCUT2D eigenvalue weighted by molar-refractivity contribution is 7.90. The average molecular weight is 478 g/mol. The topological polar surface area (TPSA) is 111 Å². The first-order chi connectivity index (χ1) is 15.7. The molecule has 0 aliphatic carbocycles. The van der Waals surface area contributed by atoms with Crippen LogP contribution in [0.5, 0.6) is 11.5 Å². The molecule has 12 heteroatoms. The van der Waals surface area contributed by atoms with Gasteiger partial charge in [-0.15, -0.1) is 0 Å². The predicted molar refractivity (Wildman–Crippen MR) is 117 cm³/mol. The van der Waals surface area contributed by atoms with E-state index in [0.29, 0.717) is 29.1 Å². The molecule has 0 fully saturated rings. The van der Waals surface area contributed by atoms with E-state index in [4.69, 9.17) is 4.74 Å². The maximum Gasteiger partial charge on any atom is 0.387 e. The van der Waals surface area contributed by atoms with Crippen molar-refractivity contribution in [3.05, 3.63) is 60.3 Å². The molecular weight excluding hydrogens is 458 g/mol. The molecule has 3 aromatic rings. The van der Waals surface area contributed by atoms with Crippen molar-refractivity contribution < 1.29 is 31.5 Å². The zero-order valence-corrected chi connectivity index (χ0v) is 18.4. The number of hydrogen-bond donors (Lipinski definition) is 1. The standard InChI is InChI=1S/C21H20F2N4O5S/c1-31-17-7-3-15(4-8-17)27(16-5-9-18(10-6-16)32-20(22)23)12-14-11-24-21(33(2,29)30)26-19(14)25-13-28/h3-11,13,20H,12H2,1-2H3,(H,24,25,26,28). The van der Waals surface area contributed by atoms with E-state index in [1.807, 2.05) is 0 Å². The maximum atomic E-state index is 12.5. The molecular formula is C21H20F2N4O5S. The number of amides is 1. The van der Waals surface area contributed by atoms with Crippen LogP contribution in [0.4, 0.5) is 26.0 Å². The summed E-state index contributed by atoms with van der Waals surface area (Å²) in [4.78, 5) is 20.7. The zero-order chi connectivity index (χ0) is 24.0. The predicted octanol–water partition coefficient (Wildman–Crippen LogP) is 3.40. The lowest BCUT2D eigenvalue weighted by atomic mass is 10.2. The molecule has 0 unspecified atom stereocenters. The Balaban J connectivity index is 2.03. The fourth-order valence-electron chi connectivity index (χ4n) is 2.94. The van der Waals surface area contributed by atoms with Gasteiger partial charge in [-0.05, 0) is 48.5 Å². The summed E-state index contributed by atoms with van der Waals surface area (Å²) in [6, 6.07) is 13.0. The lowest BCUT2D eigenvalue weighted by Gasteiger charge is -2.26. The van der Waals surface area contributed by atoms with E-state index in [0.717, 1.165) is 6.26 Å². The Bertz CT molecular complexity index is 1210. The SMILES string of the molecule is COc1ccc(N(Cc2cnc(S(C)(=O)=O)nc2NC=O)c2ccc(OC(F)F)cc2)cc1. The molecule has 1 N–H and O–H groups in total. The van der Waals surface area contributed by atoms with Gasteiger partial charge in [-0.1, -0.05) is 0 Å². The summed E-state index contributed by atoms with van der Waals surface area (Å²) < 4.78 is 58.2. The number of benzene rings is 2. The highest BCUT2D eigenvalue weighted by Crippen LogP contribution is 2.32. The molecule has 1 aromatic heterocycles. The molecule has 0 bridgehead atoms. The van der Waals surface area contributed by atoms with Crippen molar-refractivity contribution >= 4 is 33.4 Å². The molecule has 0 aliphatic heterocycles. The van der Waals surface area contributed by atoms with Crippen molar-refractivity contribution in [2.45, 2.75) is 18.3 Å². The smallest absolute Gasteiger partial charge is 0.387 e. The second-order valence-electron chi connectivity index (χ2n) is 6.72. The Kier molecular flexibility index (Phi) is 7.38. The van der Waals surface area contributed by atoms with Crippen LogP contribution in [0.15, 0.2) is 59.9 Å². The van der Waals surface area contributed by atoms with E-state index >= 15 is 0 Å². The first-order valence-corrected chi connectivity index (χ1v) is 11.3. The van der Waals surface area contributed by atoms with Gasteiger partial charge in [-0.3, -0.25) is 4.79 Å². The number of carbonyl (C=O) groups excluding carboxylic acids is 1. The molecule has 1 amide bonds. The molecule has 0 aliphatic rings. The number of anilines is 3. The van der Waals surface area contributed by atoms with Gasteiger partial charge in [-0.25, -0.2) is 18.4 Å². The fraction of sp³-hybridized carbons (Fsp3) is 0.190. The third-order valence-corrected chi connectivity index (χ3v) is 5.32. The van der Waals surface area contributed by atoms with E-state index < -0.39 is 21.6 Å². The number of alkyl halides is 2. The van der Waals surface area contributed by atoms with E-state index in [1.165, 1.54) is 25.4 Å². The van der Waals surface area contributed by atoms with Crippen molar-refractivity contribution in [1.82, 2.24) is 9.97 Å². The van der Waals surface area contributed by atoms with Gasteiger partial charge >= 0.3 is 6.61 Å². The largest absolute Gasteiger partial charge is 0.497 e. The van der Waals surface area contributed by atoms with Crippen molar-refractivity contribution in [3.8, 4) is 11.5 Å². The Morgan fingerprint density at radius 1 is 1.06 bits per heavy atom. The lowest BCUT2D eigenvalue weighted by molar-refractivity contribution is -0.105. The third kappa shape index (κ3) is 6.13. The number of sulfone groups is 1. The molecule has 9 nitrogen and oxygen atoms in total. The first kappa shape index (κ1) is 23.9. The summed E-state index contributed by atoms with van der Waals surface area (Å²) >= 11 is 0. The maximum absolute atomic E-state index is 12.5. The Morgan fingerprint density at radius 2 is 1.64 bits per heavy atom. The summed E-state index contributed by atoms with van der Waals surface area (Å²) in [7, 11) is -2.16. The minimum Gasteiger partial charge on any atom is -0.497 e. The normalized spacial score (nSPS) is 11.2. The van der Waals surface area contributed by atoms with Crippen LogP contribution in [-0.2, 0) is 21.2 Å². The van der Waals surface area contributed by atoms with Crippen LogP contribution in [0, 0.1) is 0 Å². The van der Waals surface area contributed by atoms with Crippen LogP contribution < -0.4 is 19.7 Å². The highest BCUT2D eigenvalue weighted by Gasteiger charge is 2.18. The van der Waals surface area contributed by atoms with Crippen LogP contribution in [0.1, 0.15) is 5.56 Å². The molecule has 2 aromatic carbocycles. The average Bonchev–Trinajstić information content (AvgIpc) is 2.78. The number of methoxy groups -OCH3 is 1. The minimum absolute atomic E-state index is 0.00687. The quantitative estimate of drug-likeness (QED) is 0.349. The number of nitrogens with zero attached hydrogens (tertiary/aromatic N) is 3. The van der Waals surface area contributed by atoms with Crippen molar-refractivity contribution in [1.29, 1.82) is 0 Å². The summed E-state index contributed by atoms with van der Waals surface area (Å²) in [5.74, 6) is 0.646. The van der Waals surface area contributed by atoms with Gasteiger partial charge in [0, 0.05) is 29.4 Å². The summed E-state index contributed by atoms with van der Waals surface area (Å²) in [5, 5.41) is 1.97. The highest BCUT2D eigenvalue weighted by atomic mass is 32.2. The number of rotatable bonds is 10. The number of carbonyl (C=O) groups is 1. The first-order valence-electron chi connectivity index (χ1n) is 9.44. The molecule has 0 spiro atoms. The van der Waals surface area contributed by atoms with Crippen molar-refractivity contribution in [3.63, 3.8) is 0 Å². The fourth-order valence-corrected chi connectivity index (χ4v) is 3.44. The molecule has 33 heavy (non-hydrogen) atoms. The minimum atomic E-state index is -3.70. The van der Waals surface area contributed by atoms with Gasteiger partial charge in [0.05, 0.1) is 13.7 Å². The van der Waals surface area contributed by atoms with Crippen LogP contribution in [0.2, 0.25) is 0 Å². The second-order valence-corrected chi connectivity index (χ2v) is 8.63. The van der Waals surface area contributed by atoms with Gasteiger partial charge in [0.15, 0.2) is 0 Å². The van der Waals surface area contributed by atoms with E-state index in [9.17, 15) is 22.0 Å². The van der Waals surface area contributed by atoms with Crippen LogP contribution in [-0.4, -0.2) is 44.8 Å². The number of aromatic nitrogens is 2. The van der Waals surface area contributed by atoms with Gasteiger partial charge in [0.1, 0.15) is 17.3 Å². The Morgan fingerprint density at radius 3 is 2.12 bits per heavy atom. The molecule has 0 saturated heterocycles. The molecule has 1 heterocycles. The van der Waals surface area contributed by atoms with Crippen LogP contribution in [0.3, 0.4) is 0 Å². The van der Waals surface area contributed by atoms with Crippen LogP contribution >= 0.6 is 0 Å². The monoisotopic (exact) mass is 478 g/mol. The van der Waals surface area contributed by atoms with Crippen molar-refractivity contribution in [2.75, 3.05) is 23.6 Å². The Hall–Kier alpha value is -3.80. The third-order valence-electron chi connectivity index (χ3n) is 4.46. The number of hydrogen-bond acceptors (Lipinski definition) is 8. The van der Waals surface area contributed by atoms with E-state index in [-0.39, 0.29) is 18.1 Å². The molecule has 0 radical (unpaired) electrons. The number of ether oxygens (including phenoxy) is 2. The number of halogens is 2. The van der Waals surface area contributed by atoms with E-state index in [1.54, 1.807) is 41.3 Å². The van der Waals surface area contributed by atoms with Gasteiger partial charge in [0.25, 0.3) is 0 Å². The number of nitrogens with one attached hydrogen (secondary N) is 1. The molecule has 3 rings (SSSR count). The van der Waals surface area contributed by atoms with Crippen LogP contribution in [0.25, 0.3) is 0 Å². The summed E-state index contributed by atoms with van der Waals surface area (Å²) in [6.07, 6.45) is 2.64. The Labute approximate surface area is 188 Å². The van der Waals surface area contributed by atoms with E-state index in [2.05, 4.69) is 20.0 Å². The summed E-state index contributed by atoms with van der Waals surface area (Å²) in [6.45, 7) is -2.84. The molecule has 0 atom stereocenters. The molecule has 174 valence electrons. The van der Waals surface area contributed by atoms with Gasteiger partial charge in [-0.2, -0.15) is 8.78 Å².